The zero-order valence-electron chi connectivity index (χ0n) is 12.5. The molecular weight excluding hydrogens is 234 g/mol. The summed E-state index contributed by atoms with van der Waals surface area (Å²) in [6.07, 6.45) is -2.37. The molecule has 0 fully saturated rings. The van der Waals surface area contributed by atoms with Gasteiger partial charge in [-0.2, -0.15) is 0 Å². The molecule has 0 rings (SSSR count). The van der Waals surface area contributed by atoms with Crippen molar-refractivity contribution in [2.45, 2.75) is 72.6 Å². The van der Waals surface area contributed by atoms with Crippen LogP contribution in [-0.4, -0.2) is 32.9 Å². The summed E-state index contributed by atoms with van der Waals surface area (Å²) >= 11 is 0. The molecule has 0 spiro atoms. The van der Waals surface area contributed by atoms with Crippen LogP contribution in [0, 0.1) is 20.9 Å². The lowest BCUT2D eigenvalue weighted by atomic mass is 9.66. The van der Waals surface area contributed by atoms with Crippen molar-refractivity contribution < 1.29 is 15.1 Å². The predicted molar refractivity (Wildman–Crippen MR) is 70.9 cm³/mol. The Morgan fingerprint density at radius 3 is 1.39 bits per heavy atom. The molecule has 2 unspecified atom stereocenters. The van der Waals surface area contributed by atoms with Gasteiger partial charge in [-0.05, 0) is 10.8 Å². The Morgan fingerprint density at radius 2 is 1.28 bits per heavy atom. The first kappa shape index (κ1) is 17.3. The van der Waals surface area contributed by atoms with E-state index in [2.05, 4.69) is 0 Å². The van der Waals surface area contributed by atoms with Gasteiger partial charge in [-0.15, -0.1) is 0 Å². The predicted octanol–water partition coefficient (Wildman–Crippen LogP) is 2.23. The number of aliphatic hydroxyl groups excluding tert-OH is 2. The first-order valence-corrected chi connectivity index (χ1v) is 6.32. The number of rotatable bonds is 4. The molecule has 0 amide bonds. The van der Waals surface area contributed by atoms with Crippen molar-refractivity contribution in [3.05, 3.63) is 10.1 Å². The van der Waals surface area contributed by atoms with Gasteiger partial charge >= 0.3 is 0 Å². The largest absolute Gasteiger partial charge is 0.385 e. The highest BCUT2D eigenvalue weighted by Gasteiger charge is 2.61. The number of nitrogens with zero attached hydrogens (tertiary/aromatic N) is 1. The van der Waals surface area contributed by atoms with E-state index in [1.165, 1.54) is 0 Å². The Kier molecular flexibility index (Phi) is 4.94. The quantitative estimate of drug-likeness (QED) is 0.600. The number of nitro groups is 1. The summed E-state index contributed by atoms with van der Waals surface area (Å²) in [6, 6.07) is 0. The molecule has 0 saturated carbocycles. The Bertz CT molecular complexity index is 281. The summed E-state index contributed by atoms with van der Waals surface area (Å²) in [5, 5.41) is 32.3. The van der Waals surface area contributed by atoms with Crippen molar-refractivity contribution in [2.75, 3.05) is 0 Å². The Balaban J connectivity index is 5.81. The van der Waals surface area contributed by atoms with E-state index in [-0.39, 0.29) is 6.42 Å². The molecule has 0 bridgehead atoms. The van der Waals surface area contributed by atoms with E-state index in [0.29, 0.717) is 0 Å². The second-order valence-corrected chi connectivity index (χ2v) is 7.14. The molecular formula is C13H27NO4. The first-order valence-electron chi connectivity index (χ1n) is 6.32. The van der Waals surface area contributed by atoms with Crippen molar-refractivity contribution in [1.82, 2.24) is 0 Å². The van der Waals surface area contributed by atoms with E-state index < -0.39 is 33.5 Å². The van der Waals surface area contributed by atoms with Crippen LogP contribution in [0.5, 0.6) is 0 Å². The molecule has 18 heavy (non-hydrogen) atoms. The van der Waals surface area contributed by atoms with E-state index in [4.69, 9.17) is 0 Å². The minimum Gasteiger partial charge on any atom is -0.385 e. The monoisotopic (exact) mass is 261 g/mol. The van der Waals surface area contributed by atoms with Crippen LogP contribution >= 0.6 is 0 Å². The van der Waals surface area contributed by atoms with Crippen LogP contribution < -0.4 is 0 Å². The van der Waals surface area contributed by atoms with Crippen molar-refractivity contribution in [3.8, 4) is 0 Å². The van der Waals surface area contributed by atoms with Gasteiger partial charge in [-0.3, -0.25) is 10.1 Å². The van der Waals surface area contributed by atoms with Crippen LogP contribution in [0.1, 0.15) is 54.9 Å². The van der Waals surface area contributed by atoms with Gasteiger partial charge in [-0.25, -0.2) is 0 Å². The maximum absolute atomic E-state index is 11.5. The van der Waals surface area contributed by atoms with Crippen molar-refractivity contribution in [3.63, 3.8) is 0 Å². The van der Waals surface area contributed by atoms with Crippen LogP contribution in [0.25, 0.3) is 0 Å². The summed E-state index contributed by atoms with van der Waals surface area (Å²) in [6.45, 7) is 12.1. The molecule has 0 aromatic carbocycles. The maximum atomic E-state index is 11.5. The summed E-state index contributed by atoms with van der Waals surface area (Å²) in [7, 11) is 0. The van der Waals surface area contributed by atoms with Gasteiger partial charge in [-0.1, -0.05) is 48.5 Å². The SMILES string of the molecule is CCC(C(O)C(C)(C)C)(C(O)C(C)(C)C)[N+](=O)[O-]. The van der Waals surface area contributed by atoms with Crippen LogP contribution in [0.15, 0.2) is 0 Å². The van der Waals surface area contributed by atoms with Crippen LogP contribution in [-0.2, 0) is 0 Å². The zero-order valence-corrected chi connectivity index (χ0v) is 12.5. The van der Waals surface area contributed by atoms with Crippen LogP contribution in [0.2, 0.25) is 0 Å². The first-order chi connectivity index (χ1) is 7.81. The topological polar surface area (TPSA) is 83.6 Å². The highest BCUT2D eigenvalue weighted by atomic mass is 16.6. The standard InChI is InChI=1S/C13H27NO4/c1-8-13(14(17)18,9(15)11(2,3)4)10(16)12(5,6)7/h9-10,15-16H,8H2,1-7H3. The minimum atomic E-state index is -1.74. The minimum absolute atomic E-state index is 0.0802. The molecule has 0 aliphatic rings. The van der Waals surface area contributed by atoms with Gasteiger partial charge in [0.05, 0.1) is 0 Å². The summed E-state index contributed by atoms with van der Waals surface area (Å²) in [4.78, 5) is 11.0. The Labute approximate surface area is 109 Å². The molecule has 0 saturated heterocycles. The summed E-state index contributed by atoms with van der Waals surface area (Å²) < 4.78 is 0. The fraction of sp³-hybridized carbons (Fsp3) is 1.00. The van der Waals surface area contributed by atoms with Crippen molar-refractivity contribution in [2.24, 2.45) is 10.8 Å². The molecule has 0 aliphatic heterocycles. The second-order valence-electron chi connectivity index (χ2n) is 7.14. The van der Waals surface area contributed by atoms with E-state index in [9.17, 15) is 20.3 Å². The van der Waals surface area contributed by atoms with Gasteiger partial charge in [0.15, 0.2) is 0 Å². The fourth-order valence-corrected chi connectivity index (χ4v) is 2.36. The smallest absolute Gasteiger partial charge is 0.273 e. The van der Waals surface area contributed by atoms with E-state index in [1.807, 2.05) is 0 Å². The summed E-state index contributed by atoms with van der Waals surface area (Å²) in [5.41, 5.74) is -3.08. The Morgan fingerprint density at radius 1 is 1.00 bits per heavy atom. The second kappa shape index (κ2) is 5.13. The lowest BCUT2D eigenvalue weighted by Crippen LogP contribution is -2.64. The van der Waals surface area contributed by atoms with E-state index in [0.717, 1.165) is 0 Å². The molecule has 0 radical (unpaired) electrons. The van der Waals surface area contributed by atoms with Gasteiger partial charge < -0.3 is 10.2 Å². The lowest BCUT2D eigenvalue weighted by molar-refractivity contribution is -0.604. The average Bonchev–Trinajstić information content (AvgIpc) is 2.15. The van der Waals surface area contributed by atoms with Gasteiger partial charge in [0.1, 0.15) is 12.2 Å². The van der Waals surface area contributed by atoms with Crippen LogP contribution in [0.4, 0.5) is 0 Å². The average molecular weight is 261 g/mol. The highest BCUT2D eigenvalue weighted by Crippen LogP contribution is 2.40. The molecule has 2 atom stereocenters. The molecule has 2 N–H and O–H groups in total. The van der Waals surface area contributed by atoms with Crippen molar-refractivity contribution >= 4 is 0 Å². The van der Waals surface area contributed by atoms with Crippen molar-refractivity contribution in [1.29, 1.82) is 0 Å². The number of hydrogen-bond donors (Lipinski definition) is 2. The summed E-state index contributed by atoms with van der Waals surface area (Å²) in [5.74, 6) is 0. The molecule has 0 aromatic rings. The van der Waals surface area contributed by atoms with Crippen LogP contribution in [0.3, 0.4) is 0 Å². The zero-order chi connectivity index (χ0) is 14.9. The number of aliphatic hydroxyl groups is 2. The van der Waals surface area contributed by atoms with Gasteiger partial charge in [0.2, 0.25) is 0 Å². The lowest BCUT2D eigenvalue weighted by Gasteiger charge is -2.43. The number of hydrogen-bond acceptors (Lipinski definition) is 4. The molecule has 0 heterocycles. The maximum Gasteiger partial charge on any atom is 0.273 e. The fourth-order valence-electron chi connectivity index (χ4n) is 2.36. The molecule has 108 valence electrons. The van der Waals surface area contributed by atoms with Gasteiger partial charge in [0.25, 0.3) is 5.54 Å². The molecule has 0 aromatic heterocycles. The third-order valence-corrected chi connectivity index (χ3v) is 3.49. The normalized spacial score (nSPS) is 20.1. The van der Waals surface area contributed by atoms with Gasteiger partial charge in [0, 0.05) is 11.3 Å². The third kappa shape index (κ3) is 3.01. The Hall–Kier alpha value is -0.680. The van der Waals surface area contributed by atoms with E-state index >= 15 is 0 Å². The highest BCUT2D eigenvalue weighted by molar-refractivity contribution is 5.01. The third-order valence-electron chi connectivity index (χ3n) is 3.49. The molecule has 0 aliphatic carbocycles. The molecule has 5 nitrogen and oxygen atoms in total. The molecule has 5 heteroatoms. The van der Waals surface area contributed by atoms with E-state index in [1.54, 1.807) is 48.5 Å².